The number of hydrogen-bond donors (Lipinski definition) is 19. The third kappa shape index (κ3) is 35.1. The van der Waals surface area contributed by atoms with Crippen LogP contribution in [0.25, 0.3) is 10.9 Å². The van der Waals surface area contributed by atoms with Crippen molar-refractivity contribution < 1.29 is 77.3 Å². The maximum Gasteiger partial charge on any atom is 0.326 e. The van der Waals surface area contributed by atoms with Crippen LogP contribution in [0.2, 0.25) is 0 Å². The van der Waals surface area contributed by atoms with Gasteiger partial charge in [-0.15, -0.1) is 0 Å². The van der Waals surface area contributed by atoms with Crippen LogP contribution < -0.4 is 86.7 Å². The molecular formula is C76H123N17O16. The molecule has 0 radical (unpaired) electrons. The van der Waals surface area contributed by atoms with Gasteiger partial charge in [-0.05, 0) is 156 Å². The number of aliphatic carboxylic acids is 2. The summed E-state index contributed by atoms with van der Waals surface area (Å²) in [5.41, 5.74) is 25.0. The fourth-order valence-corrected chi connectivity index (χ4v) is 12.2. The molecular weight excluding hydrogens is 1410 g/mol. The number of aromatic amines is 1. The number of unbranched alkanes of at least 4 members (excludes halogenated alkanes) is 3. The third-order valence-electron chi connectivity index (χ3n) is 17.9. The van der Waals surface area contributed by atoms with E-state index in [1.807, 2.05) is 19.9 Å². The van der Waals surface area contributed by atoms with Crippen LogP contribution in [-0.4, -0.2) is 197 Å². The van der Waals surface area contributed by atoms with Crippen molar-refractivity contribution in [2.75, 3.05) is 32.7 Å². The molecule has 3 rings (SSSR count). The maximum absolute atomic E-state index is 14.9. The lowest BCUT2D eigenvalue weighted by molar-refractivity contribution is -0.143. The molecule has 0 spiro atoms. The number of aromatic nitrogens is 1. The SMILES string of the molecule is CC(C)C[C@H](NC(=O)[C@@H](NC(=O)[C@H](CCCCN)NC(=O)[C@H](CC(C)C)NC(=O)CNC(=O)[C@H](Cc1c[nH]c2ccccc12)NC(=O)[C@H](CC(C)C)NC(=O)[C@H](CCCCN)NC(=O)[C@H](CCCCN)NC(=O)[C@H](CCC(=O)O)NC(=O)[C@H](Cc1ccccc1)NC(=O)[C@H](CC(C)C)NC(=O)CN)C(C)C)C(=O)O. The first-order chi connectivity index (χ1) is 51.6. The quantitative estimate of drug-likeness (QED) is 0.0343. The molecule has 0 bridgehead atoms. The molecule has 1 aromatic heterocycles. The lowest BCUT2D eigenvalue weighted by Gasteiger charge is -2.28. The highest BCUT2D eigenvalue weighted by atomic mass is 16.4. The molecule has 0 saturated carbocycles. The molecule has 11 atom stereocenters. The van der Waals surface area contributed by atoms with Crippen LogP contribution in [0.4, 0.5) is 0 Å². The minimum atomic E-state index is -1.61. The zero-order valence-electron chi connectivity index (χ0n) is 65.0. The second-order valence-electron chi connectivity index (χ2n) is 29.8. The summed E-state index contributed by atoms with van der Waals surface area (Å²) in [5, 5.41) is 52.4. The number of carboxylic acids is 2. The van der Waals surface area contributed by atoms with Crippen molar-refractivity contribution >= 4 is 93.7 Å². The van der Waals surface area contributed by atoms with Crippen LogP contribution in [0, 0.1) is 29.6 Å². The second-order valence-corrected chi connectivity index (χ2v) is 29.8. The van der Waals surface area contributed by atoms with E-state index in [9.17, 15) is 77.3 Å². The van der Waals surface area contributed by atoms with Crippen molar-refractivity contribution in [1.29, 1.82) is 0 Å². The van der Waals surface area contributed by atoms with Crippen molar-refractivity contribution in [2.45, 2.75) is 245 Å². The van der Waals surface area contributed by atoms with Gasteiger partial charge in [0.25, 0.3) is 0 Å². The fourth-order valence-electron chi connectivity index (χ4n) is 12.2. The van der Waals surface area contributed by atoms with Gasteiger partial charge in [0, 0.05) is 36.4 Å². The van der Waals surface area contributed by atoms with Crippen LogP contribution in [0.1, 0.15) is 177 Å². The van der Waals surface area contributed by atoms with Gasteiger partial charge in [0.15, 0.2) is 0 Å². The predicted molar refractivity (Wildman–Crippen MR) is 411 cm³/mol. The van der Waals surface area contributed by atoms with E-state index >= 15 is 0 Å². The highest BCUT2D eigenvalue weighted by Gasteiger charge is 2.38. The molecule has 0 fully saturated rings. The second kappa shape index (κ2) is 49.4. The summed E-state index contributed by atoms with van der Waals surface area (Å²) in [6, 6.07) is 1.14. The number of carboxylic acid groups (broad SMARTS) is 2. The molecule has 608 valence electrons. The number of benzene rings is 2. The van der Waals surface area contributed by atoms with Gasteiger partial charge in [-0.3, -0.25) is 62.3 Å². The smallest absolute Gasteiger partial charge is 0.326 e. The normalized spacial score (nSPS) is 14.4. The first-order valence-electron chi connectivity index (χ1n) is 38.0. The number of rotatable bonds is 53. The Kier molecular flexibility index (Phi) is 42.5. The topological polar surface area (TPSA) is 544 Å². The summed E-state index contributed by atoms with van der Waals surface area (Å²) in [5.74, 6) is -13.4. The number of hydrogen-bond acceptors (Lipinski definition) is 18. The number of H-pyrrole nitrogens is 1. The zero-order valence-corrected chi connectivity index (χ0v) is 65.0. The molecule has 2 aromatic carbocycles. The van der Waals surface area contributed by atoms with Crippen molar-refractivity contribution in [2.24, 2.45) is 52.5 Å². The minimum Gasteiger partial charge on any atom is -0.481 e. The summed E-state index contributed by atoms with van der Waals surface area (Å²) in [6.45, 7) is 17.3. The highest BCUT2D eigenvalue weighted by Crippen LogP contribution is 2.21. The lowest BCUT2D eigenvalue weighted by atomic mass is 9.99. The highest BCUT2D eigenvalue weighted by molar-refractivity contribution is 6.00. The van der Waals surface area contributed by atoms with Crippen LogP contribution in [0.5, 0.6) is 0 Å². The van der Waals surface area contributed by atoms with Crippen molar-refractivity contribution in [3.8, 4) is 0 Å². The summed E-state index contributed by atoms with van der Waals surface area (Å²) in [4.78, 5) is 197. The van der Waals surface area contributed by atoms with Gasteiger partial charge in [-0.2, -0.15) is 0 Å². The predicted octanol–water partition coefficient (Wildman–Crippen LogP) is 0.538. The Morgan fingerprint density at radius 2 is 0.743 bits per heavy atom. The molecule has 0 unspecified atom stereocenters. The molecule has 33 nitrogen and oxygen atoms in total. The average molecular weight is 1530 g/mol. The minimum absolute atomic E-state index is 0.000508. The van der Waals surface area contributed by atoms with E-state index in [0.29, 0.717) is 47.7 Å². The number of carbonyl (C=O) groups is 14. The van der Waals surface area contributed by atoms with Gasteiger partial charge in [-0.25, -0.2) is 4.79 Å². The van der Waals surface area contributed by atoms with Crippen molar-refractivity contribution in [1.82, 2.24) is 68.8 Å². The Labute approximate surface area is 639 Å². The molecule has 0 aliphatic heterocycles. The van der Waals surface area contributed by atoms with Crippen LogP contribution in [0.3, 0.4) is 0 Å². The van der Waals surface area contributed by atoms with Gasteiger partial charge < -0.3 is 102 Å². The first-order valence-corrected chi connectivity index (χ1v) is 38.0. The molecule has 0 saturated heterocycles. The Bertz CT molecular complexity index is 3440. The number of fused-ring (bicyclic) bond motifs is 1. The first kappa shape index (κ1) is 93.6. The Morgan fingerprint density at radius 3 is 1.17 bits per heavy atom. The van der Waals surface area contributed by atoms with E-state index < -0.39 is 181 Å². The fraction of sp³-hybridized carbons (Fsp3) is 0.632. The van der Waals surface area contributed by atoms with Gasteiger partial charge in [0.1, 0.15) is 66.5 Å². The Hall–Kier alpha value is -9.60. The van der Waals surface area contributed by atoms with Gasteiger partial charge in [0.05, 0.1) is 13.1 Å². The van der Waals surface area contributed by atoms with Crippen molar-refractivity contribution in [3.63, 3.8) is 0 Å². The lowest BCUT2D eigenvalue weighted by Crippen LogP contribution is -2.60. The summed E-state index contributed by atoms with van der Waals surface area (Å²) in [6.07, 6.45) is 2.85. The summed E-state index contributed by atoms with van der Waals surface area (Å²) >= 11 is 0. The number of amides is 12. The number of nitrogens with one attached hydrogen (secondary N) is 13. The number of para-hydroxylation sites is 1. The summed E-state index contributed by atoms with van der Waals surface area (Å²) in [7, 11) is 0. The number of carbonyl (C=O) groups excluding carboxylic acids is 12. The van der Waals surface area contributed by atoms with Crippen LogP contribution in [-0.2, 0) is 80.0 Å². The largest absolute Gasteiger partial charge is 0.481 e. The monoisotopic (exact) mass is 1530 g/mol. The van der Waals surface area contributed by atoms with E-state index in [-0.39, 0.29) is 114 Å². The Morgan fingerprint density at radius 1 is 0.376 bits per heavy atom. The van der Waals surface area contributed by atoms with Crippen molar-refractivity contribution in [3.05, 3.63) is 71.9 Å². The van der Waals surface area contributed by atoms with E-state index in [0.717, 1.165) is 0 Å². The molecule has 0 aliphatic rings. The van der Waals surface area contributed by atoms with E-state index in [1.165, 1.54) is 0 Å². The zero-order chi connectivity index (χ0) is 81.4. The van der Waals surface area contributed by atoms with Gasteiger partial charge >= 0.3 is 11.9 Å². The summed E-state index contributed by atoms with van der Waals surface area (Å²) < 4.78 is 0. The molecule has 12 amide bonds. The Balaban J connectivity index is 1.98. The molecule has 3 aromatic rings. The van der Waals surface area contributed by atoms with E-state index in [1.54, 1.807) is 110 Å². The number of nitrogens with two attached hydrogens (primary N) is 4. The average Bonchev–Trinajstić information content (AvgIpc) is 1.80. The van der Waals surface area contributed by atoms with E-state index in [4.69, 9.17) is 22.9 Å². The van der Waals surface area contributed by atoms with E-state index in [2.05, 4.69) is 68.8 Å². The molecule has 109 heavy (non-hydrogen) atoms. The van der Waals surface area contributed by atoms with Gasteiger partial charge in [0.2, 0.25) is 70.9 Å². The van der Waals surface area contributed by atoms with Crippen LogP contribution >= 0.6 is 0 Å². The maximum atomic E-state index is 14.9. The standard InChI is InChI=1S/C76H123N17O16/c1-43(2)34-56(83-62(94)40-80)72(104)90-59(38-48-22-12-11-13-23-48)74(106)88-55(29-30-64(96)97)69(101)86-52(26-16-19-31-77)67(99)85-53(27-17-20-32-78)68(100)89-58(36-45(5)6)73(105)91-60(39-49-41-81-51-25-15-14-24-50(49)51)66(98)82-42-63(95)84-57(35-44(3)4)71(103)87-54(28-18-21-33-79)70(102)93-65(47(9)10)75(107)92-61(76(108)109)37-46(7)8/h11-15,22-25,41,43-47,52-61,65,81H,16-21,26-40,42,77-80H2,1-10H3,(H,82,98)(H,83,94)(H,84,95)(H,85,99)(H,86,101)(H,87,103)(H,88,106)(H,89,100)(H,90,104)(H,91,105)(H,92,107)(H,93,102)(H,96,97)(H,108,109)/t52-,53-,54-,55-,56-,57-,58-,59-,60-,61-,65-/m0/s1. The van der Waals surface area contributed by atoms with Crippen LogP contribution in [0.15, 0.2) is 60.8 Å². The molecule has 1 heterocycles. The third-order valence-corrected chi connectivity index (χ3v) is 17.9. The van der Waals surface area contributed by atoms with Gasteiger partial charge in [-0.1, -0.05) is 118 Å². The molecule has 0 aliphatic carbocycles. The molecule has 23 N–H and O–H groups in total. The molecule has 33 heteroatoms.